The van der Waals surface area contributed by atoms with Crippen LogP contribution >= 0.6 is 23.2 Å². The number of carbonyl (C=O) groups is 2. The number of anilines is 2. The highest BCUT2D eigenvalue weighted by Crippen LogP contribution is 2.30. The molecule has 2 aromatic carbocycles. The van der Waals surface area contributed by atoms with Crippen molar-refractivity contribution < 1.29 is 9.59 Å². The average Bonchev–Trinajstić information content (AvgIpc) is 2.90. The highest BCUT2D eigenvalue weighted by molar-refractivity contribution is 6.31. The molecule has 2 aliphatic heterocycles. The van der Waals surface area contributed by atoms with Gasteiger partial charge in [0.25, 0.3) is 11.8 Å². The Morgan fingerprint density at radius 1 is 0.711 bits per heavy atom. The summed E-state index contributed by atoms with van der Waals surface area (Å²) in [5.41, 5.74) is 5.00. The van der Waals surface area contributed by atoms with Crippen LogP contribution in [0.4, 0.5) is 11.4 Å². The Hall–Kier alpha value is -3.81. The number of pyridine rings is 1. The Morgan fingerprint density at radius 2 is 1.21 bits per heavy atom. The minimum Gasteiger partial charge on any atom is -0.304 e. The van der Waals surface area contributed by atoms with Crippen molar-refractivity contribution in [1.29, 1.82) is 0 Å². The number of benzene rings is 2. The van der Waals surface area contributed by atoms with E-state index in [9.17, 15) is 9.59 Å². The van der Waals surface area contributed by atoms with Crippen molar-refractivity contribution in [2.24, 2.45) is 0 Å². The summed E-state index contributed by atoms with van der Waals surface area (Å²) < 4.78 is 0. The summed E-state index contributed by atoms with van der Waals surface area (Å²) in [5.74, 6) is -0.0152. The van der Waals surface area contributed by atoms with Gasteiger partial charge >= 0.3 is 0 Å². The first-order chi connectivity index (χ1) is 18.3. The third-order valence-corrected chi connectivity index (χ3v) is 7.16. The molecule has 0 saturated heterocycles. The zero-order valence-corrected chi connectivity index (χ0v) is 22.4. The Morgan fingerprint density at radius 3 is 1.71 bits per heavy atom. The minimum absolute atomic E-state index is 0.0124. The third kappa shape index (κ3) is 5.12. The molecule has 0 radical (unpaired) electrons. The monoisotopic (exact) mass is 545 g/mol. The lowest BCUT2D eigenvalue weighted by Crippen LogP contribution is -2.44. The van der Waals surface area contributed by atoms with Gasteiger partial charge in [0.1, 0.15) is 6.33 Å². The number of hydrogen-bond acceptors (Lipinski definition) is 5. The first-order valence-corrected chi connectivity index (χ1v) is 13.0. The molecule has 1 unspecified atom stereocenters. The highest BCUT2D eigenvalue weighted by Gasteiger charge is 2.32. The van der Waals surface area contributed by atoms with E-state index in [1.165, 1.54) is 6.33 Å². The van der Waals surface area contributed by atoms with E-state index in [-0.39, 0.29) is 23.9 Å². The number of hydrogen-bond donors (Lipinski definition) is 0. The molecule has 192 valence electrons. The number of rotatable bonds is 2. The van der Waals surface area contributed by atoms with Crippen LogP contribution in [0.15, 0.2) is 79.6 Å². The van der Waals surface area contributed by atoms with Gasteiger partial charge in [0.15, 0.2) is 0 Å². The average molecular weight is 546 g/mol. The van der Waals surface area contributed by atoms with Gasteiger partial charge in [-0.1, -0.05) is 23.2 Å². The summed E-state index contributed by atoms with van der Waals surface area (Å²) in [6.07, 6.45) is 9.76. The second-order valence-electron chi connectivity index (χ2n) is 9.37. The fourth-order valence-electron chi connectivity index (χ4n) is 5.01. The number of halogens is 2. The van der Waals surface area contributed by atoms with Crippen LogP contribution in [-0.2, 0) is 12.8 Å². The zero-order valence-electron chi connectivity index (χ0n) is 20.9. The first kappa shape index (κ1) is 25.8. The summed E-state index contributed by atoms with van der Waals surface area (Å²) >= 11 is 12.0. The Kier molecular flexibility index (Phi) is 7.40. The number of amides is 2. The van der Waals surface area contributed by atoms with E-state index in [2.05, 4.69) is 15.0 Å². The van der Waals surface area contributed by atoms with Crippen LogP contribution < -0.4 is 9.80 Å². The van der Waals surface area contributed by atoms with E-state index >= 15 is 0 Å². The van der Waals surface area contributed by atoms with Gasteiger partial charge in [-0.3, -0.25) is 14.6 Å². The SMILES string of the molecule is CC1Cc2cc(Cl)ccc2C(=O)N1c1cncnc1.C[C@@H]1Cc2cc(Cl)ccc2C(=O)N1c1cccnc1. The molecule has 0 N–H and O–H groups in total. The van der Waals surface area contributed by atoms with E-state index < -0.39 is 0 Å². The fraction of sp³-hybridized carbons (Fsp3) is 0.207. The lowest BCUT2D eigenvalue weighted by Gasteiger charge is -2.34. The molecule has 4 aromatic rings. The number of aromatic nitrogens is 3. The van der Waals surface area contributed by atoms with Crippen molar-refractivity contribution in [2.75, 3.05) is 9.80 Å². The van der Waals surface area contributed by atoms with Crippen molar-refractivity contribution in [2.45, 2.75) is 38.8 Å². The highest BCUT2D eigenvalue weighted by atomic mass is 35.5. The maximum Gasteiger partial charge on any atom is 0.258 e. The van der Waals surface area contributed by atoms with E-state index in [0.29, 0.717) is 15.6 Å². The van der Waals surface area contributed by atoms with Crippen LogP contribution in [0.5, 0.6) is 0 Å². The number of carbonyl (C=O) groups excluding carboxylic acids is 2. The molecular weight excluding hydrogens is 521 g/mol. The molecule has 2 aliphatic rings. The molecule has 4 heterocycles. The van der Waals surface area contributed by atoms with Crippen molar-refractivity contribution in [3.05, 3.63) is 112 Å². The van der Waals surface area contributed by atoms with Crippen LogP contribution in [0.2, 0.25) is 10.0 Å². The molecule has 2 aromatic heterocycles. The normalized spacial score (nSPS) is 18.3. The molecular formula is C29H25Cl2N5O2. The zero-order chi connectivity index (χ0) is 26.8. The van der Waals surface area contributed by atoms with Crippen LogP contribution in [0.25, 0.3) is 0 Å². The maximum atomic E-state index is 12.6. The molecule has 7 nitrogen and oxygen atoms in total. The Bertz CT molecular complexity index is 1370. The molecule has 38 heavy (non-hydrogen) atoms. The van der Waals surface area contributed by atoms with Crippen LogP contribution in [0, 0.1) is 0 Å². The predicted molar refractivity (Wildman–Crippen MR) is 149 cm³/mol. The van der Waals surface area contributed by atoms with Crippen LogP contribution in [0.3, 0.4) is 0 Å². The standard InChI is InChI=1S/C15H13ClN2O.C14H12ClN3O/c1-10-7-11-8-12(16)4-5-14(11)15(19)18(10)13-3-2-6-17-9-13;1-9-4-10-5-11(15)2-3-13(10)14(19)18(9)12-6-16-8-17-7-12/h2-6,8-10H,7H2,1H3;2-3,5-9H,4H2,1H3/t10-;/m1./s1. The Labute approximate surface area is 231 Å². The van der Waals surface area contributed by atoms with Gasteiger partial charge in [-0.15, -0.1) is 0 Å². The van der Waals surface area contributed by atoms with Crippen LogP contribution in [-0.4, -0.2) is 38.8 Å². The van der Waals surface area contributed by atoms with Gasteiger partial charge in [0.2, 0.25) is 0 Å². The third-order valence-electron chi connectivity index (χ3n) is 6.69. The molecule has 2 atom stereocenters. The topological polar surface area (TPSA) is 79.3 Å². The molecule has 2 amide bonds. The molecule has 0 fully saturated rings. The molecule has 9 heteroatoms. The van der Waals surface area contributed by atoms with E-state index in [0.717, 1.165) is 40.9 Å². The summed E-state index contributed by atoms with van der Waals surface area (Å²) in [6, 6.07) is 14.7. The summed E-state index contributed by atoms with van der Waals surface area (Å²) in [5, 5.41) is 1.34. The van der Waals surface area contributed by atoms with Crippen molar-refractivity contribution in [1.82, 2.24) is 15.0 Å². The van der Waals surface area contributed by atoms with Gasteiger partial charge in [-0.2, -0.15) is 0 Å². The maximum absolute atomic E-state index is 12.6. The lowest BCUT2D eigenvalue weighted by atomic mass is 9.94. The quantitative estimate of drug-likeness (QED) is 0.306. The molecule has 0 saturated carbocycles. The number of nitrogens with zero attached hydrogens (tertiary/aromatic N) is 5. The molecule has 0 bridgehead atoms. The van der Waals surface area contributed by atoms with Crippen molar-refractivity contribution in [3.8, 4) is 0 Å². The minimum atomic E-state index is -0.0276. The summed E-state index contributed by atoms with van der Waals surface area (Å²) in [7, 11) is 0. The van der Waals surface area contributed by atoms with E-state index in [1.54, 1.807) is 58.9 Å². The smallest absolute Gasteiger partial charge is 0.258 e. The lowest BCUT2D eigenvalue weighted by molar-refractivity contribution is 0.0961. The summed E-state index contributed by atoms with van der Waals surface area (Å²) in [4.78, 5) is 40.7. The van der Waals surface area contributed by atoms with Gasteiger partial charge in [0, 0.05) is 39.5 Å². The van der Waals surface area contributed by atoms with Crippen molar-refractivity contribution in [3.63, 3.8) is 0 Å². The van der Waals surface area contributed by atoms with Gasteiger partial charge in [-0.05, 0) is 86.3 Å². The predicted octanol–water partition coefficient (Wildman–Crippen LogP) is 6.05. The fourth-order valence-corrected chi connectivity index (χ4v) is 5.40. The second kappa shape index (κ2) is 10.9. The largest absolute Gasteiger partial charge is 0.304 e. The van der Waals surface area contributed by atoms with E-state index in [4.69, 9.17) is 23.2 Å². The summed E-state index contributed by atoms with van der Waals surface area (Å²) in [6.45, 7) is 4.05. The van der Waals surface area contributed by atoms with Crippen molar-refractivity contribution >= 4 is 46.4 Å². The van der Waals surface area contributed by atoms with Crippen LogP contribution in [0.1, 0.15) is 45.7 Å². The first-order valence-electron chi connectivity index (χ1n) is 12.2. The van der Waals surface area contributed by atoms with E-state index in [1.807, 2.05) is 38.1 Å². The Balaban J connectivity index is 0.000000155. The van der Waals surface area contributed by atoms with Gasteiger partial charge in [-0.25, -0.2) is 9.97 Å². The second-order valence-corrected chi connectivity index (χ2v) is 10.2. The molecule has 6 rings (SSSR count). The van der Waals surface area contributed by atoms with Gasteiger partial charge < -0.3 is 9.80 Å². The van der Waals surface area contributed by atoms with Gasteiger partial charge in [0.05, 0.1) is 30.0 Å². The molecule has 0 spiro atoms. The number of fused-ring (bicyclic) bond motifs is 2. The molecule has 0 aliphatic carbocycles.